The molecule has 1 heterocycles. The molecule has 2 heteroatoms. The molecule has 25 heavy (non-hydrogen) atoms. The number of hydrogen-bond donors (Lipinski definition) is 1. The molecule has 0 unspecified atom stereocenters. The normalized spacial score (nSPS) is 21.8. The minimum Gasteiger partial charge on any atom is -0.507 e. The Kier molecular flexibility index (Phi) is 4.12. The molecule has 2 nitrogen and oxygen atoms in total. The van der Waals surface area contributed by atoms with Crippen LogP contribution >= 0.6 is 0 Å². The second kappa shape index (κ2) is 6.44. The van der Waals surface area contributed by atoms with Crippen molar-refractivity contribution in [1.29, 1.82) is 0 Å². The molecule has 2 aliphatic rings. The minimum absolute atomic E-state index is 0.188. The van der Waals surface area contributed by atoms with Crippen LogP contribution in [-0.2, 0) is 12.8 Å². The van der Waals surface area contributed by atoms with E-state index < -0.39 is 0 Å². The Morgan fingerprint density at radius 2 is 1.88 bits per heavy atom. The topological polar surface area (TPSA) is 29.5 Å². The van der Waals surface area contributed by atoms with Crippen LogP contribution in [-0.4, -0.2) is 5.11 Å². The third-order valence-electron chi connectivity index (χ3n) is 5.46. The van der Waals surface area contributed by atoms with Gasteiger partial charge in [-0.1, -0.05) is 48.6 Å². The molecule has 2 aromatic rings. The number of hydrogen-bond acceptors (Lipinski definition) is 2. The molecule has 0 radical (unpaired) electrons. The third-order valence-corrected chi connectivity index (χ3v) is 5.46. The summed E-state index contributed by atoms with van der Waals surface area (Å²) in [7, 11) is 0. The highest BCUT2D eigenvalue weighted by Crippen LogP contribution is 2.51. The Hall–Kier alpha value is -2.48. The smallest absolute Gasteiger partial charge is 0.134 e. The van der Waals surface area contributed by atoms with Gasteiger partial charge in [-0.3, -0.25) is 0 Å². The molecule has 2 aromatic carbocycles. The largest absolute Gasteiger partial charge is 0.507 e. The van der Waals surface area contributed by atoms with Gasteiger partial charge in [0.2, 0.25) is 0 Å². The first kappa shape index (κ1) is 16.0. The van der Waals surface area contributed by atoms with Gasteiger partial charge in [-0.2, -0.15) is 0 Å². The van der Waals surface area contributed by atoms with E-state index >= 15 is 0 Å². The van der Waals surface area contributed by atoms with Crippen molar-refractivity contribution in [2.45, 2.75) is 38.5 Å². The van der Waals surface area contributed by atoms with E-state index in [0.29, 0.717) is 5.75 Å². The lowest BCUT2D eigenvalue weighted by molar-refractivity contribution is 0.275. The van der Waals surface area contributed by atoms with E-state index in [0.717, 1.165) is 48.3 Å². The van der Waals surface area contributed by atoms with Gasteiger partial charge in [0.15, 0.2) is 0 Å². The molecule has 1 N–H and O–H groups in total. The molecule has 0 saturated heterocycles. The second-order valence-electron chi connectivity index (χ2n) is 7.26. The van der Waals surface area contributed by atoms with Crippen molar-refractivity contribution >= 4 is 0 Å². The lowest BCUT2D eigenvalue weighted by Crippen LogP contribution is -2.25. The molecule has 0 bridgehead atoms. The Morgan fingerprint density at radius 3 is 2.68 bits per heavy atom. The van der Waals surface area contributed by atoms with Gasteiger partial charge >= 0.3 is 0 Å². The van der Waals surface area contributed by atoms with Crippen molar-refractivity contribution in [3.05, 3.63) is 83.1 Å². The maximum absolute atomic E-state index is 10.7. The van der Waals surface area contributed by atoms with Crippen LogP contribution in [0.15, 0.2) is 66.5 Å². The maximum Gasteiger partial charge on any atom is 0.134 e. The number of ether oxygens (including phenoxy) is 1. The van der Waals surface area contributed by atoms with Crippen molar-refractivity contribution in [2.24, 2.45) is 5.92 Å². The molecular weight excluding hydrogens is 308 g/mol. The van der Waals surface area contributed by atoms with Gasteiger partial charge in [-0.25, -0.2) is 0 Å². The molecule has 0 aromatic heterocycles. The van der Waals surface area contributed by atoms with Gasteiger partial charge in [0, 0.05) is 17.4 Å². The fourth-order valence-corrected chi connectivity index (χ4v) is 4.10. The van der Waals surface area contributed by atoms with E-state index in [2.05, 4.69) is 49.9 Å². The summed E-state index contributed by atoms with van der Waals surface area (Å²) in [6, 6.07) is 14.4. The summed E-state index contributed by atoms with van der Waals surface area (Å²) in [6.45, 7) is 6.31. The summed E-state index contributed by atoms with van der Waals surface area (Å²) in [6.07, 6.45) is 6.23. The fourth-order valence-electron chi connectivity index (χ4n) is 4.10. The highest BCUT2D eigenvalue weighted by molar-refractivity contribution is 5.55. The summed E-state index contributed by atoms with van der Waals surface area (Å²) >= 11 is 0. The summed E-state index contributed by atoms with van der Waals surface area (Å²) in [5.41, 5.74) is 4.72. The summed E-state index contributed by atoms with van der Waals surface area (Å²) < 4.78 is 6.03. The van der Waals surface area contributed by atoms with Crippen LogP contribution in [0.25, 0.3) is 0 Å². The summed E-state index contributed by atoms with van der Waals surface area (Å²) in [5.74, 6) is 2.43. The number of fused-ring (bicyclic) bond motifs is 3. The van der Waals surface area contributed by atoms with E-state index in [4.69, 9.17) is 4.74 Å². The van der Waals surface area contributed by atoms with Gasteiger partial charge in [-0.15, -0.1) is 0 Å². The first-order chi connectivity index (χ1) is 12.1. The maximum atomic E-state index is 10.7. The van der Waals surface area contributed by atoms with Crippen molar-refractivity contribution in [1.82, 2.24) is 0 Å². The fraction of sp³-hybridized carbons (Fsp3) is 0.304. The molecule has 0 fully saturated rings. The standard InChI is InChI=1S/C23H24O2/c1-15-8-11-19-16(2)25-22-14-18(10-9-17-6-4-3-5-7-17)13-21(24)23(22)20(19)12-15/h3-7,12-14,19-20,24H,2,8-11H2,1H3/t19-,20+/m1/s1. The molecular formula is C23H24O2. The Balaban J connectivity index is 1.64. The van der Waals surface area contributed by atoms with E-state index in [9.17, 15) is 5.11 Å². The lowest BCUT2D eigenvalue weighted by atomic mass is 9.74. The number of rotatable bonds is 3. The Bertz CT molecular complexity index is 833. The SMILES string of the molecule is C=C1Oc2cc(CCc3ccccc3)cc(O)c2[C@H]2C=C(C)CC[C@H]12. The highest BCUT2D eigenvalue weighted by Gasteiger charge is 2.36. The third kappa shape index (κ3) is 3.09. The zero-order chi connectivity index (χ0) is 17.4. The lowest BCUT2D eigenvalue weighted by Gasteiger charge is -2.37. The van der Waals surface area contributed by atoms with E-state index in [-0.39, 0.29) is 11.8 Å². The first-order valence-corrected chi connectivity index (χ1v) is 9.05. The average Bonchev–Trinajstić information content (AvgIpc) is 2.60. The molecule has 0 saturated carbocycles. The van der Waals surface area contributed by atoms with Crippen LogP contribution in [0.3, 0.4) is 0 Å². The number of benzene rings is 2. The highest BCUT2D eigenvalue weighted by atomic mass is 16.5. The van der Waals surface area contributed by atoms with Gasteiger partial charge < -0.3 is 9.84 Å². The molecule has 1 aliphatic heterocycles. The Labute approximate surface area is 149 Å². The molecule has 128 valence electrons. The van der Waals surface area contributed by atoms with Crippen molar-refractivity contribution in [3.8, 4) is 11.5 Å². The van der Waals surface area contributed by atoms with Gasteiger partial charge in [0.05, 0.1) is 0 Å². The van der Waals surface area contributed by atoms with Crippen LogP contribution < -0.4 is 4.74 Å². The van der Waals surface area contributed by atoms with Crippen molar-refractivity contribution < 1.29 is 9.84 Å². The van der Waals surface area contributed by atoms with Crippen LogP contribution in [0.1, 0.15) is 42.4 Å². The Morgan fingerprint density at radius 1 is 1.12 bits per heavy atom. The molecule has 0 spiro atoms. The van der Waals surface area contributed by atoms with Crippen LogP contribution in [0, 0.1) is 5.92 Å². The second-order valence-corrected chi connectivity index (χ2v) is 7.26. The monoisotopic (exact) mass is 332 g/mol. The average molecular weight is 332 g/mol. The predicted molar refractivity (Wildman–Crippen MR) is 101 cm³/mol. The zero-order valence-electron chi connectivity index (χ0n) is 14.7. The first-order valence-electron chi connectivity index (χ1n) is 9.05. The summed E-state index contributed by atoms with van der Waals surface area (Å²) in [5, 5.41) is 10.7. The predicted octanol–water partition coefficient (Wildman–Crippen LogP) is 5.52. The van der Waals surface area contributed by atoms with Crippen LogP contribution in [0.4, 0.5) is 0 Å². The molecule has 0 amide bonds. The molecule has 2 atom stereocenters. The van der Waals surface area contributed by atoms with Gasteiger partial charge in [0.25, 0.3) is 0 Å². The quantitative estimate of drug-likeness (QED) is 0.750. The number of phenolic OH excluding ortho intramolecular Hbond substituents is 1. The van der Waals surface area contributed by atoms with Crippen LogP contribution in [0.5, 0.6) is 11.5 Å². The van der Waals surface area contributed by atoms with E-state index in [1.165, 1.54) is 11.1 Å². The van der Waals surface area contributed by atoms with Crippen molar-refractivity contribution in [3.63, 3.8) is 0 Å². The molecule has 4 rings (SSSR count). The van der Waals surface area contributed by atoms with Crippen LogP contribution in [0.2, 0.25) is 0 Å². The summed E-state index contributed by atoms with van der Waals surface area (Å²) in [4.78, 5) is 0. The van der Waals surface area contributed by atoms with E-state index in [1.807, 2.05) is 12.1 Å². The van der Waals surface area contributed by atoms with E-state index in [1.54, 1.807) is 0 Å². The zero-order valence-corrected chi connectivity index (χ0v) is 14.7. The van der Waals surface area contributed by atoms with Crippen molar-refractivity contribution in [2.75, 3.05) is 0 Å². The van der Waals surface area contributed by atoms with Gasteiger partial charge in [0.1, 0.15) is 17.3 Å². The number of aromatic hydroxyl groups is 1. The molecule has 1 aliphatic carbocycles. The number of aryl methyl sites for hydroxylation is 2. The number of allylic oxidation sites excluding steroid dienone is 3. The minimum atomic E-state index is 0.188. The number of phenols is 1. The van der Waals surface area contributed by atoms with Gasteiger partial charge in [-0.05, 0) is 55.9 Å².